The molecule has 48 heavy (non-hydrogen) atoms. The van der Waals surface area contributed by atoms with Crippen molar-refractivity contribution in [1.82, 2.24) is 9.13 Å². The molecule has 0 atom stereocenters. The van der Waals surface area contributed by atoms with Crippen molar-refractivity contribution in [3.05, 3.63) is 169 Å². The van der Waals surface area contributed by atoms with E-state index in [0.29, 0.717) is 5.56 Å². The standard InChI is InChI=1S/C45H27N3/c46-28-29-21-22-31-27-44(35-14-5-4-13-34(35)38(31)25-29)48-41-19-9-7-16-37(41)45-33(17-10-20-43(45)48)30-23-24-42-39(26-30)36-15-6-8-18-40(36)47(42)32-11-2-1-3-12-32/h1-27H. The van der Waals surface area contributed by atoms with Gasteiger partial charge in [-0.2, -0.15) is 5.26 Å². The molecule has 0 saturated heterocycles. The van der Waals surface area contributed by atoms with Crippen LogP contribution in [0.25, 0.3) is 87.7 Å². The van der Waals surface area contributed by atoms with Gasteiger partial charge >= 0.3 is 0 Å². The highest BCUT2D eigenvalue weighted by molar-refractivity contribution is 6.19. The molecule has 222 valence electrons. The summed E-state index contributed by atoms with van der Waals surface area (Å²) in [6, 6.07) is 60.8. The molecule has 3 heteroatoms. The van der Waals surface area contributed by atoms with E-state index >= 15 is 0 Å². The third-order valence-corrected chi connectivity index (χ3v) is 9.90. The number of benzene rings is 8. The first kappa shape index (κ1) is 26.6. The number of hydrogen-bond acceptors (Lipinski definition) is 1. The summed E-state index contributed by atoms with van der Waals surface area (Å²) in [5.74, 6) is 0. The van der Waals surface area contributed by atoms with Crippen molar-refractivity contribution in [3.63, 3.8) is 0 Å². The highest BCUT2D eigenvalue weighted by Gasteiger charge is 2.20. The second-order valence-corrected chi connectivity index (χ2v) is 12.5. The van der Waals surface area contributed by atoms with Gasteiger partial charge in [0, 0.05) is 32.6 Å². The first-order valence-electron chi connectivity index (χ1n) is 16.3. The molecule has 0 unspecified atom stereocenters. The number of hydrogen-bond donors (Lipinski definition) is 0. The predicted octanol–water partition coefficient (Wildman–Crippen LogP) is 11.7. The molecule has 8 aromatic carbocycles. The lowest BCUT2D eigenvalue weighted by atomic mass is 9.97. The summed E-state index contributed by atoms with van der Waals surface area (Å²) < 4.78 is 4.79. The van der Waals surface area contributed by atoms with E-state index in [1.165, 1.54) is 54.7 Å². The number of fused-ring (bicyclic) bond motifs is 9. The Morgan fingerprint density at radius 2 is 1.08 bits per heavy atom. The van der Waals surface area contributed by atoms with Crippen LogP contribution < -0.4 is 0 Å². The Bertz CT molecular complexity index is 2950. The first-order valence-corrected chi connectivity index (χ1v) is 16.3. The smallest absolute Gasteiger partial charge is 0.0991 e. The number of rotatable bonds is 3. The normalized spacial score (nSPS) is 11.7. The van der Waals surface area contributed by atoms with Gasteiger partial charge in [-0.3, -0.25) is 0 Å². The first-order chi connectivity index (χ1) is 23.8. The lowest BCUT2D eigenvalue weighted by Gasteiger charge is -2.15. The fourth-order valence-corrected chi connectivity index (χ4v) is 7.85. The van der Waals surface area contributed by atoms with Gasteiger partial charge < -0.3 is 9.13 Å². The second kappa shape index (κ2) is 10.2. The lowest BCUT2D eigenvalue weighted by molar-refractivity contribution is 1.18. The summed E-state index contributed by atoms with van der Waals surface area (Å²) in [4.78, 5) is 0. The van der Waals surface area contributed by atoms with E-state index in [1.807, 2.05) is 12.1 Å². The minimum absolute atomic E-state index is 0.672. The van der Waals surface area contributed by atoms with Gasteiger partial charge in [-0.25, -0.2) is 0 Å². The van der Waals surface area contributed by atoms with Crippen molar-refractivity contribution in [2.75, 3.05) is 0 Å². The largest absolute Gasteiger partial charge is 0.309 e. The number of nitriles is 1. The number of para-hydroxylation sites is 3. The van der Waals surface area contributed by atoms with Crippen LogP contribution in [0, 0.1) is 11.3 Å². The van der Waals surface area contributed by atoms with E-state index in [1.54, 1.807) is 0 Å². The summed E-state index contributed by atoms with van der Waals surface area (Å²) in [6.45, 7) is 0. The summed E-state index contributed by atoms with van der Waals surface area (Å²) in [5.41, 5.74) is 10.1. The monoisotopic (exact) mass is 609 g/mol. The molecule has 0 fully saturated rings. The predicted molar refractivity (Wildman–Crippen MR) is 200 cm³/mol. The van der Waals surface area contributed by atoms with Crippen LogP contribution in [-0.4, -0.2) is 9.13 Å². The van der Waals surface area contributed by atoms with Crippen molar-refractivity contribution < 1.29 is 0 Å². The molecule has 0 N–H and O–H groups in total. The van der Waals surface area contributed by atoms with Crippen molar-refractivity contribution in [1.29, 1.82) is 5.26 Å². The second-order valence-electron chi connectivity index (χ2n) is 12.5. The van der Waals surface area contributed by atoms with Crippen molar-refractivity contribution in [2.45, 2.75) is 0 Å². The zero-order valence-corrected chi connectivity index (χ0v) is 25.9. The molecule has 0 radical (unpaired) electrons. The third-order valence-electron chi connectivity index (χ3n) is 9.90. The molecule has 0 bridgehead atoms. The van der Waals surface area contributed by atoms with Gasteiger partial charge in [-0.15, -0.1) is 0 Å². The maximum Gasteiger partial charge on any atom is 0.0991 e. The van der Waals surface area contributed by atoms with Gasteiger partial charge in [0.1, 0.15) is 0 Å². The van der Waals surface area contributed by atoms with E-state index in [9.17, 15) is 5.26 Å². The Kier molecular flexibility index (Phi) is 5.64. The molecule has 0 spiro atoms. The molecule has 10 aromatic rings. The molecule has 2 aromatic heterocycles. The molecular formula is C45H27N3. The topological polar surface area (TPSA) is 33.6 Å². The molecule has 0 aliphatic heterocycles. The quantitative estimate of drug-likeness (QED) is 0.183. The molecule has 0 aliphatic carbocycles. The maximum atomic E-state index is 9.64. The van der Waals surface area contributed by atoms with Gasteiger partial charge in [0.25, 0.3) is 0 Å². The summed E-state index contributed by atoms with van der Waals surface area (Å²) in [6.07, 6.45) is 0. The van der Waals surface area contributed by atoms with Gasteiger partial charge in [-0.05, 0) is 87.9 Å². The maximum absolute atomic E-state index is 9.64. The molecule has 0 amide bonds. The van der Waals surface area contributed by atoms with E-state index in [4.69, 9.17) is 0 Å². The van der Waals surface area contributed by atoms with Crippen LogP contribution in [0.2, 0.25) is 0 Å². The van der Waals surface area contributed by atoms with Gasteiger partial charge in [0.15, 0.2) is 0 Å². The van der Waals surface area contributed by atoms with Crippen LogP contribution in [0.5, 0.6) is 0 Å². The van der Waals surface area contributed by atoms with Crippen LogP contribution in [0.3, 0.4) is 0 Å². The minimum Gasteiger partial charge on any atom is -0.309 e. The highest BCUT2D eigenvalue weighted by Crippen LogP contribution is 2.42. The Hall–Kier alpha value is -6.63. The van der Waals surface area contributed by atoms with Crippen LogP contribution in [0.4, 0.5) is 0 Å². The van der Waals surface area contributed by atoms with Crippen LogP contribution >= 0.6 is 0 Å². The average molecular weight is 610 g/mol. The molecule has 3 nitrogen and oxygen atoms in total. The Balaban J connectivity index is 1.27. The molecule has 2 heterocycles. The Morgan fingerprint density at radius 3 is 1.90 bits per heavy atom. The van der Waals surface area contributed by atoms with Crippen LogP contribution in [0.1, 0.15) is 5.56 Å². The Labute approximate surface area is 276 Å². The van der Waals surface area contributed by atoms with Gasteiger partial charge in [0.05, 0.1) is 39.4 Å². The van der Waals surface area contributed by atoms with E-state index < -0.39 is 0 Å². The van der Waals surface area contributed by atoms with Crippen molar-refractivity contribution in [2.24, 2.45) is 0 Å². The van der Waals surface area contributed by atoms with Gasteiger partial charge in [0.2, 0.25) is 0 Å². The SMILES string of the molecule is N#Cc1ccc2cc(-n3c4ccccc4c4c(-c5ccc6c(c5)c5ccccc5n6-c5ccccc5)cccc43)c3ccccc3c2c1. The zero-order chi connectivity index (χ0) is 31.8. The van der Waals surface area contributed by atoms with E-state index in [0.717, 1.165) is 32.9 Å². The number of aromatic nitrogens is 2. The number of nitrogens with zero attached hydrogens (tertiary/aromatic N) is 3. The fourth-order valence-electron chi connectivity index (χ4n) is 7.85. The minimum atomic E-state index is 0.672. The fraction of sp³-hybridized carbons (Fsp3) is 0. The van der Waals surface area contributed by atoms with Gasteiger partial charge in [-0.1, -0.05) is 103 Å². The lowest BCUT2D eigenvalue weighted by Crippen LogP contribution is -1.96. The van der Waals surface area contributed by atoms with Crippen molar-refractivity contribution >= 4 is 65.2 Å². The molecule has 10 rings (SSSR count). The third kappa shape index (κ3) is 3.75. The van der Waals surface area contributed by atoms with Crippen molar-refractivity contribution in [3.8, 4) is 28.6 Å². The zero-order valence-electron chi connectivity index (χ0n) is 25.9. The van der Waals surface area contributed by atoms with Crippen LogP contribution in [0.15, 0.2) is 164 Å². The summed E-state index contributed by atoms with van der Waals surface area (Å²) in [5, 5.41) is 19.1. The molecule has 0 saturated carbocycles. The van der Waals surface area contributed by atoms with Crippen LogP contribution in [-0.2, 0) is 0 Å². The molecular weight excluding hydrogens is 583 g/mol. The molecule has 0 aliphatic rings. The van der Waals surface area contributed by atoms with E-state index in [-0.39, 0.29) is 0 Å². The summed E-state index contributed by atoms with van der Waals surface area (Å²) >= 11 is 0. The Morgan fingerprint density at radius 1 is 0.417 bits per heavy atom. The van der Waals surface area contributed by atoms with E-state index in [2.05, 4.69) is 167 Å². The summed E-state index contributed by atoms with van der Waals surface area (Å²) in [7, 11) is 0. The highest BCUT2D eigenvalue weighted by atomic mass is 15.0. The average Bonchev–Trinajstić information content (AvgIpc) is 3.67.